The van der Waals surface area contributed by atoms with Crippen molar-refractivity contribution in [2.24, 2.45) is 7.05 Å². The summed E-state index contributed by atoms with van der Waals surface area (Å²) in [5.74, 6) is -0.726. The van der Waals surface area contributed by atoms with Gasteiger partial charge in [0.05, 0.1) is 12.7 Å². The molecule has 0 aliphatic rings. The Hall–Kier alpha value is -2.63. The number of hydrogen-bond acceptors (Lipinski definition) is 4. The highest BCUT2D eigenvalue weighted by molar-refractivity contribution is 6.04. The van der Waals surface area contributed by atoms with Crippen molar-refractivity contribution < 1.29 is 14.3 Å². The molecule has 0 aliphatic carbocycles. The molecule has 0 radical (unpaired) electrons. The largest absolute Gasteiger partial charge is 0.465 e. The summed E-state index contributed by atoms with van der Waals surface area (Å²) in [6.45, 7) is 1.85. The number of methoxy groups -OCH3 is 1. The number of anilines is 1. The first-order valence-electron chi connectivity index (χ1n) is 6.01. The van der Waals surface area contributed by atoms with E-state index in [0.717, 1.165) is 5.56 Å². The number of benzene rings is 1. The van der Waals surface area contributed by atoms with Crippen molar-refractivity contribution in [3.8, 4) is 0 Å². The first-order chi connectivity index (χ1) is 9.52. The van der Waals surface area contributed by atoms with Crippen LogP contribution in [0, 0.1) is 6.92 Å². The van der Waals surface area contributed by atoms with Crippen LogP contribution in [0.3, 0.4) is 0 Å². The topological polar surface area (TPSA) is 73.2 Å². The van der Waals surface area contributed by atoms with Crippen molar-refractivity contribution in [1.82, 2.24) is 9.78 Å². The zero-order chi connectivity index (χ0) is 14.7. The fourth-order valence-corrected chi connectivity index (χ4v) is 1.78. The van der Waals surface area contributed by atoms with E-state index in [1.54, 1.807) is 37.5 Å². The van der Waals surface area contributed by atoms with Gasteiger partial charge in [0.25, 0.3) is 5.91 Å². The number of esters is 1. The van der Waals surface area contributed by atoms with Crippen LogP contribution < -0.4 is 5.32 Å². The second kappa shape index (κ2) is 5.56. The van der Waals surface area contributed by atoms with Crippen molar-refractivity contribution >= 4 is 17.6 Å². The van der Waals surface area contributed by atoms with E-state index in [2.05, 4.69) is 15.2 Å². The number of nitrogens with one attached hydrogen (secondary N) is 1. The fraction of sp³-hybridized carbons (Fsp3) is 0.214. The second-order valence-electron chi connectivity index (χ2n) is 4.32. The van der Waals surface area contributed by atoms with E-state index in [-0.39, 0.29) is 5.91 Å². The molecule has 20 heavy (non-hydrogen) atoms. The van der Waals surface area contributed by atoms with Gasteiger partial charge in [-0.3, -0.25) is 9.48 Å². The molecule has 0 spiro atoms. The summed E-state index contributed by atoms with van der Waals surface area (Å²) in [6, 6.07) is 6.62. The molecule has 0 fully saturated rings. The lowest BCUT2D eigenvalue weighted by molar-refractivity contribution is 0.0600. The third kappa shape index (κ3) is 2.69. The predicted molar refractivity (Wildman–Crippen MR) is 73.7 cm³/mol. The van der Waals surface area contributed by atoms with Crippen LogP contribution in [0.1, 0.15) is 26.4 Å². The average Bonchev–Trinajstić information content (AvgIpc) is 2.86. The number of ether oxygens (including phenoxy) is 1. The highest BCUT2D eigenvalue weighted by Gasteiger charge is 2.13. The zero-order valence-electron chi connectivity index (χ0n) is 11.5. The number of amides is 1. The van der Waals surface area contributed by atoms with Crippen LogP contribution in [0.5, 0.6) is 0 Å². The van der Waals surface area contributed by atoms with Crippen molar-refractivity contribution in [3.05, 3.63) is 47.3 Å². The Morgan fingerprint density at radius 2 is 2.05 bits per heavy atom. The van der Waals surface area contributed by atoms with E-state index in [1.807, 2.05) is 6.92 Å². The summed E-state index contributed by atoms with van der Waals surface area (Å²) in [6.07, 6.45) is 1.55. The summed E-state index contributed by atoms with van der Waals surface area (Å²) < 4.78 is 6.14. The van der Waals surface area contributed by atoms with Gasteiger partial charge in [-0.05, 0) is 30.7 Å². The molecular formula is C14H15N3O3. The number of rotatable bonds is 3. The van der Waals surface area contributed by atoms with Crippen LogP contribution in [0.2, 0.25) is 0 Å². The van der Waals surface area contributed by atoms with Crippen LogP contribution >= 0.6 is 0 Å². The van der Waals surface area contributed by atoms with Crippen LogP contribution in [0.25, 0.3) is 0 Å². The minimum atomic E-state index is -0.443. The van der Waals surface area contributed by atoms with Gasteiger partial charge in [-0.15, -0.1) is 0 Å². The maximum absolute atomic E-state index is 12.1. The maximum atomic E-state index is 12.1. The van der Waals surface area contributed by atoms with Crippen LogP contribution in [0.4, 0.5) is 5.69 Å². The van der Waals surface area contributed by atoms with Crippen LogP contribution in [-0.2, 0) is 11.8 Å². The van der Waals surface area contributed by atoms with E-state index in [1.165, 1.54) is 11.8 Å². The molecule has 6 nitrogen and oxygen atoms in total. The highest BCUT2D eigenvalue weighted by Crippen LogP contribution is 2.18. The molecule has 1 heterocycles. The lowest BCUT2D eigenvalue weighted by Crippen LogP contribution is -2.17. The van der Waals surface area contributed by atoms with Gasteiger partial charge in [0.2, 0.25) is 0 Å². The molecule has 0 bridgehead atoms. The first-order valence-corrected chi connectivity index (χ1v) is 6.01. The number of aryl methyl sites for hydroxylation is 2. The molecule has 2 rings (SSSR count). The standard InChI is InChI=1S/C14H15N3O3/c1-9-4-5-10(14(19)20-3)8-11(9)16-13(18)12-6-7-15-17(12)2/h4-8H,1-3H3,(H,16,18). The van der Waals surface area contributed by atoms with E-state index in [4.69, 9.17) is 0 Å². The Balaban J connectivity index is 2.27. The first kappa shape index (κ1) is 13.8. The Kier molecular flexibility index (Phi) is 3.84. The molecule has 0 atom stereocenters. The third-order valence-electron chi connectivity index (χ3n) is 2.96. The molecule has 1 aromatic carbocycles. The molecule has 0 saturated heterocycles. The van der Waals surface area contributed by atoms with Gasteiger partial charge >= 0.3 is 5.97 Å². The Morgan fingerprint density at radius 1 is 1.30 bits per heavy atom. The van der Waals surface area contributed by atoms with Gasteiger partial charge < -0.3 is 10.1 Å². The Morgan fingerprint density at radius 3 is 2.65 bits per heavy atom. The summed E-state index contributed by atoms with van der Waals surface area (Å²) in [5, 5.41) is 6.71. The van der Waals surface area contributed by atoms with Gasteiger partial charge in [-0.25, -0.2) is 4.79 Å². The lowest BCUT2D eigenvalue weighted by Gasteiger charge is -2.10. The molecule has 2 aromatic rings. The average molecular weight is 273 g/mol. The molecule has 1 aromatic heterocycles. The minimum Gasteiger partial charge on any atom is -0.465 e. The number of hydrogen-bond donors (Lipinski definition) is 1. The minimum absolute atomic E-state index is 0.282. The van der Waals surface area contributed by atoms with E-state index < -0.39 is 5.97 Å². The molecule has 0 aliphatic heterocycles. The van der Waals surface area contributed by atoms with Gasteiger partial charge in [-0.2, -0.15) is 5.10 Å². The maximum Gasteiger partial charge on any atom is 0.337 e. The summed E-state index contributed by atoms with van der Waals surface area (Å²) in [4.78, 5) is 23.6. The zero-order valence-corrected chi connectivity index (χ0v) is 11.5. The number of carbonyl (C=O) groups excluding carboxylic acids is 2. The highest BCUT2D eigenvalue weighted by atomic mass is 16.5. The summed E-state index contributed by atoms with van der Waals surface area (Å²) in [5.41, 5.74) is 2.25. The number of nitrogens with zero attached hydrogens (tertiary/aromatic N) is 2. The number of aromatic nitrogens is 2. The lowest BCUT2D eigenvalue weighted by atomic mass is 10.1. The van der Waals surface area contributed by atoms with Gasteiger partial charge in [-0.1, -0.05) is 6.07 Å². The normalized spacial score (nSPS) is 10.2. The monoisotopic (exact) mass is 273 g/mol. The molecule has 6 heteroatoms. The molecule has 0 saturated carbocycles. The van der Waals surface area contributed by atoms with Crippen LogP contribution in [0.15, 0.2) is 30.5 Å². The smallest absolute Gasteiger partial charge is 0.337 e. The fourth-order valence-electron chi connectivity index (χ4n) is 1.78. The molecule has 104 valence electrons. The quantitative estimate of drug-likeness (QED) is 0.865. The van der Waals surface area contributed by atoms with Gasteiger partial charge in [0.15, 0.2) is 0 Å². The molecular weight excluding hydrogens is 258 g/mol. The Labute approximate surface area is 116 Å². The van der Waals surface area contributed by atoms with Gasteiger partial charge in [0.1, 0.15) is 5.69 Å². The summed E-state index contributed by atoms with van der Waals surface area (Å²) in [7, 11) is 3.00. The molecule has 0 unspecified atom stereocenters. The van der Waals surface area contributed by atoms with E-state index in [9.17, 15) is 9.59 Å². The summed E-state index contributed by atoms with van der Waals surface area (Å²) >= 11 is 0. The predicted octanol–water partition coefficient (Wildman–Crippen LogP) is 1.77. The molecule has 1 amide bonds. The van der Waals surface area contributed by atoms with E-state index in [0.29, 0.717) is 16.9 Å². The second-order valence-corrected chi connectivity index (χ2v) is 4.32. The van der Waals surface area contributed by atoms with Gasteiger partial charge in [0, 0.05) is 18.9 Å². The third-order valence-corrected chi connectivity index (χ3v) is 2.96. The van der Waals surface area contributed by atoms with Crippen molar-refractivity contribution in [2.45, 2.75) is 6.92 Å². The van der Waals surface area contributed by atoms with Crippen molar-refractivity contribution in [2.75, 3.05) is 12.4 Å². The van der Waals surface area contributed by atoms with Crippen molar-refractivity contribution in [3.63, 3.8) is 0 Å². The van der Waals surface area contributed by atoms with E-state index >= 15 is 0 Å². The van der Waals surface area contributed by atoms with Crippen molar-refractivity contribution in [1.29, 1.82) is 0 Å². The Bertz CT molecular complexity index is 661. The number of carbonyl (C=O) groups is 2. The SMILES string of the molecule is COC(=O)c1ccc(C)c(NC(=O)c2ccnn2C)c1. The molecule has 1 N–H and O–H groups in total. The van der Waals surface area contributed by atoms with Crippen LogP contribution in [-0.4, -0.2) is 28.8 Å².